The first-order valence-electron chi connectivity index (χ1n) is 8.76. The van der Waals surface area contributed by atoms with Gasteiger partial charge < -0.3 is 14.4 Å². The summed E-state index contributed by atoms with van der Waals surface area (Å²) in [4.78, 5) is 14.7. The molecule has 0 atom stereocenters. The van der Waals surface area contributed by atoms with Gasteiger partial charge >= 0.3 is 0 Å². The Bertz CT molecular complexity index is 670. The smallest absolute Gasteiger partial charge is 0.227 e. The molecule has 0 aliphatic heterocycles. The minimum atomic E-state index is 0.129. The number of unbranched alkanes of at least 4 members (excludes halogenated alkanes) is 1. The van der Waals surface area contributed by atoms with Crippen molar-refractivity contribution in [3.8, 4) is 11.5 Å². The number of ether oxygens (including phenoxy) is 2. The summed E-state index contributed by atoms with van der Waals surface area (Å²) in [5, 5.41) is 0. The summed E-state index contributed by atoms with van der Waals surface area (Å²) in [7, 11) is 3.28. The zero-order chi connectivity index (χ0) is 18.1. The van der Waals surface area contributed by atoms with E-state index in [0.717, 1.165) is 42.1 Å². The molecule has 1 amide bonds. The highest BCUT2D eigenvalue weighted by atomic mass is 16.5. The molecule has 0 unspecified atom stereocenters. The second-order valence-corrected chi connectivity index (χ2v) is 5.91. The van der Waals surface area contributed by atoms with Crippen molar-refractivity contribution in [2.24, 2.45) is 0 Å². The molecule has 2 aromatic carbocycles. The van der Waals surface area contributed by atoms with E-state index >= 15 is 0 Å². The van der Waals surface area contributed by atoms with Crippen LogP contribution in [-0.2, 0) is 11.2 Å². The lowest BCUT2D eigenvalue weighted by Gasteiger charge is -2.23. The van der Waals surface area contributed by atoms with E-state index in [0.29, 0.717) is 12.8 Å². The van der Waals surface area contributed by atoms with E-state index in [1.807, 2.05) is 53.4 Å². The summed E-state index contributed by atoms with van der Waals surface area (Å²) in [5.74, 6) is 1.69. The Morgan fingerprint density at radius 3 is 2.44 bits per heavy atom. The van der Waals surface area contributed by atoms with Gasteiger partial charge in [0.25, 0.3) is 0 Å². The average molecular weight is 341 g/mol. The van der Waals surface area contributed by atoms with E-state index < -0.39 is 0 Å². The number of hydrogen-bond acceptors (Lipinski definition) is 3. The highest BCUT2D eigenvalue weighted by molar-refractivity contribution is 5.93. The molecule has 25 heavy (non-hydrogen) atoms. The molecular weight excluding hydrogens is 314 g/mol. The maximum absolute atomic E-state index is 12.8. The number of benzene rings is 2. The number of para-hydroxylation sites is 1. The molecule has 0 bridgehead atoms. The van der Waals surface area contributed by atoms with Gasteiger partial charge in [-0.3, -0.25) is 4.79 Å². The van der Waals surface area contributed by atoms with Gasteiger partial charge in [-0.1, -0.05) is 31.5 Å². The van der Waals surface area contributed by atoms with E-state index in [2.05, 4.69) is 6.92 Å². The van der Waals surface area contributed by atoms with Crippen molar-refractivity contribution in [1.29, 1.82) is 0 Å². The molecule has 0 heterocycles. The Morgan fingerprint density at radius 2 is 1.80 bits per heavy atom. The van der Waals surface area contributed by atoms with Crippen molar-refractivity contribution in [1.82, 2.24) is 0 Å². The third-order valence-electron chi connectivity index (χ3n) is 4.20. The minimum absolute atomic E-state index is 0.129. The largest absolute Gasteiger partial charge is 0.497 e. The second-order valence-electron chi connectivity index (χ2n) is 5.91. The number of amides is 1. The number of aryl methyl sites for hydroxylation is 1. The fourth-order valence-electron chi connectivity index (χ4n) is 2.78. The van der Waals surface area contributed by atoms with Gasteiger partial charge in [0.2, 0.25) is 5.91 Å². The molecule has 4 nitrogen and oxygen atoms in total. The predicted octanol–water partition coefficient (Wildman–Crippen LogP) is 4.47. The van der Waals surface area contributed by atoms with Crippen molar-refractivity contribution in [2.75, 3.05) is 25.7 Å². The fourth-order valence-corrected chi connectivity index (χ4v) is 2.78. The SMILES string of the molecule is CCCCN(C(=O)CCc1cc(OC)ccc1OC)c1ccccc1. The van der Waals surface area contributed by atoms with Crippen molar-refractivity contribution in [3.05, 3.63) is 54.1 Å². The van der Waals surface area contributed by atoms with Crippen LogP contribution < -0.4 is 14.4 Å². The lowest BCUT2D eigenvalue weighted by molar-refractivity contribution is -0.118. The Hall–Kier alpha value is -2.49. The Balaban J connectivity index is 2.11. The summed E-state index contributed by atoms with van der Waals surface area (Å²) in [5.41, 5.74) is 1.94. The Labute approximate surface area is 150 Å². The number of nitrogens with zero attached hydrogens (tertiary/aromatic N) is 1. The summed E-state index contributed by atoms with van der Waals surface area (Å²) in [6, 6.07) is 15.5. The lowest BCUT2D eigenvalue weighted by atomic mass is 10.1. The van der Waals surface area contributed by atoms with E-state index in [-0.39, 0.29) is 5.91 Å². The topological polar surface area (TPSA) is 38.8 Å². The van der Waals surface area contributed by atoms with Crippen molar-refractivity contribution >= 4 is 11.6 Å². The van der Waals surface area contributed by atoms with Crippen LogP contribution in [0, 0.1) is 0 Å². The third-order valence-corrected chi connectivity index (χ3v) is 4.20. The van der Waals surface area contributed by atoms with Gasteiger partial charge in [0.1, 0.15) is 11.5 Å². The quantitative estimate of drug-likeness (QED) is 0.675. The van der Waals surface area contributed by atoms with Gasteiger partial charge in [-0.05, 0) is 48.7 Å². The van der Waals surface area contributed by atoms with Crippen LogP contribution in [-0.4, -0.2) is 26.7 Å². The van der Waals surface area contributed by atoms with Crippen LogP contribution in [0.3, 0.4) is 0 Å². The molecule has 0 N–H and O–H groups in total. The highest BCUT2D eigenvalue weighted by Crippen LogP contribution is 2.26. The molecule has 4 heteroatoms. The van der Waals surface area contributed by atoms with Crippen molar-refractivity contribution in [3.63, 3.8) is 0 Å². The molecule has 0 spiro atoms. The van der Waals surface area contributed by atoms with Crippen LogP contribution in [0.15, 0.2) is 48.5 Å². The number of rotatable bonds is 9. The normalized spacial score (nSPS) is 10.4. The number of carbonyl (C=O) groups is 1. The van der Waals surface area contributed by atoms with Crippen molar-refractivity contribution < 1.29 is 14.3 Å². The summed E-state index contributed by atoms with van der Waals surface area (Å²) in [6.45, 7) is 2.88. The number of anilines is 1. The van der Waals surface area contributed by atoms with E-state index in [1.54, 1.807) is 14.2 Å². The average Bonchev–Trinajstić information content (AvgIpc) is 2.67. The standard InChI is InChI=1S/C21H27NO3/c1-4-5-15-22(18-9-7-6-8-10-18)21(23)14-11-17-16-19(24-2)12-13-20(17)25-3/h6-10,12-13,16H,4-5,11,14-15H2,1-3H3. The minimum Gasteiger partial charge on any atom is -0.497 e. The van der Waals surface area contributed by atoms with Gasteiger partial charge in [0, 0.05) is 18.7 Å². The number of carbonyl (C=O) groups excluding carboxylic acids is 1. The molecule has 134 valence electrons. The molecular formula is C21H27NO3. The maximum Gasteiger partial charge on any atom is 0.227 e. The Morgan fingerprint density at radius 1 is 1.04 bits per heavy atom. The first kappa shape index (κ1) is 18.8. The van der Waals surface area contributed by atoms with Crippen LogP contribution in [0.5, 0.6) is 11.5 Å². The van der Waals surface area contributed by atoms with E-state index in [4.69, 9.17) is 9.47 Å². The van der Waals surface area contributed by atoms with Gasteiger partial charge in [0.15, 0.2) is 0 Å². The first-order valence-corrected chi connectivity index (χ1v) is 8.76. The van der Waals surface area contributed by atoms with Gasteiger partial charge in [-0.25, -0.2) is 0 Å². The number of methoxy groups -OCH3 is 2. The highest BCUT2D eigenvalue weighted by Gasteiger charge is 2.16. The summed E-state index contributed by atoms with van der Waals surface area (Å²) in [6.07, 6.45) is 3.10. The molecule has 0 saturated heterocycles. The predicted molar refractivity (Wildman–Crippen MR) is 102 cm³/mol. The number of hydrogen-bond donors (Lipinski definition) is 0. The van der Waals surface area contributed by atoms with Crippen LogP contribution >= 0.6 is 0 Å². The fraction of sp³-hybridized carbons (Fsp3) is 0.381. The van der Waals surface area contributed by atoms with Gasteiger partial charge in [-0.2, -0.15) is 0 Å². The van der Waals surface area contributed by atoms with Gasteiger partial charge in [-0.15, -0.1) is 0 Å². The maximum atomic E-state index is 12.8. The molecule has 0 aromatic heterocycles. The molecule has 0 fully saturated rings. The first-order chi connectivity index (χ1) is 12.2. The van der Waals surface area contributed by atoms with Crippen molar-refractivity contribution in [2.45, 2.75) is 32.6 Å². The van der Waals surface area contributed by atoms with Gasteiger partial charge in [0.05, 0.1) is 14.2 Å². The lowest BCUT2D eigenvalue weighted by Crippen LogP contribution is -2.32. The third kappa shape index (κ3) is 5.24. The van der Waals surface area contributed by atoms with Crippen LogP contribution in [0.4, 0.5) is 5.69 Å². The van der Waals surface area contributed by atoms with Crippen LogP contribution in [0.25, 0.3) is 0 Å². The molecule has 0 radical (unpaired) electrons. The van der Waals surface area contributed by atoms with E-state index in [9.17, 15) is 4.79 Å². The molecule has 2 aromatic rings. The zero-order valence-corrected chi connectivity index (χ0v) is 15.3. The second kappa shape index (κ2) is 9.72. The molecule has 0 aliphatic carbocycles. The van der Waals surface area contributed by atoms with E-state index in [1.165, 1.54) is 0 Å². The zero-order valence-electron chi connectivity index (χ0n) is 15.3. The summed E-state index contributed by atoms with van der Waals surface area (Å²) >= 11 is 0. The summed E-state index contributed by atoms with van der Waals surface area (Å²) < 4.78 is 10.7. The Kier molecular flexibility index (Phi) is 7.33. The molecule has 0 aliphatic rings. The van der Waals surface area contributed by atoms with Crippen LogP contribution in [0.1, 0.15) is 31.7 Å². The van der Waals surface area contributed by atoms with Crippen LogP contribution in [0.2, 0.25) is 0 Å². The monoisotopic (exact) mass is 341 g/mol. The molecule has 2 rings (SSSR count). The molecule has 0 saturated carbocycles.